The Hall–Kier alpha value is -3.70. The monoisotopic (exact) mass is 644 g/mol. The van der Waals surface area contributed by atoms with Crippen LogP contribution in [0, 0.1) is 17.7 Å². The van der Waals surface area contributed by atoms with Gasteiger partial charge in [0.15, 0.2) is 6.61 Å². The maximum atomic E-state index is 14.6. The zero-order valence-corrected chi connectivity index (χ0v) is 24.8. The van der Waals surface area contributed by atoms with Gasteiger partial charge < -0.3 is 25.6 Å². The molecule has 0 unspecified atom stereocenters. The molecule has 1 aliphatic rings. The van der Waals surface area contributed by atoms with Crippen molar-refractivity contribution in [1.29, 1.82) is 0 Å². The Morgan fingerprint density at radius 2 is 1.82 bits per heavy atom. The summed E-state index contributed by atoms with van der Waals surface area (Å²) in [5.74, 6) is 3.13. The lowest BCUT2D eigenvalue weighted by Crippen LogP contribution is -2.38. The van der Waals surface area contributed by atoms with Crippen LogP contribution in [0.15, 0.2) is 30.3 Å². The molecule has 2 aromatic carbocycles. The molecule has 6 nitrogen and oxygen atoms in total. The zero-order chi connectivity index (χ0) is 32.1. The smallest absolute Gasteiger partial charge is 0.422 e. The average molecular weight is 645 g/mol. The van der Waals surface area contributed by atoms with Gasteiger partial charge in [-0.25, -0.2) is 4.39 Å². The average Bonchev–Trinajstić information content (AvgIpc) is 3.30. The molecule has 3 N–H and O–H groups in total. The molecule has 0 aliphatic carbocycles. The van der Waals surface area contributed by atoms with Gasteiger partial charge in [-0.1, -0.05) is 30.9 Å². The number of hydrogen-bond acceptors (Lipinski definition) is 6. The number of benzene rings is 2. The number of anilines is 2. The Balaban J connectivity index is 1.60. The van der Waals surface area contributed by atoms with Crippen molar-refractivity contribution < 1.29 is 40.3 Å². The van der Waals surface area contributed by atoms with E-state index in [1.165, 1.54) is 7.05 Å². The first-order valence-corrected chi connectivity index (χ1v) is 14.7. The molecule has 238 valence electrons. The molecular weight excluding hydrogens is 613 g/mol. The van der Waals surface area contributed by atoms with Crippen LogP contribution >= 0.6 is 11.3 Å². The van der Waals surface area contributed by atoms with Gasteiger partial charge in [-0.3, -0.25) is 4.79 Å². The van der Waals surface area contributed by atoms with E-state index in [-0.39, 0.29) is 28.7 Å². The van der Waals surface area contributed by atoms with Crippen LogP contribution in [0.3, 0.4) is 0 Å². The molecule has 0 atom stereocenters. The summed E-state index contributed by atoms with van der Waals surface area (Å²) in [6.07, 6.45) is -8.57. The van der Waals surface area contributed by atoms with Gasteiger partial charge in [0.1, 0.15) is 11.6 Å². The number of thiophene rings is 1. The summed E-state index contributed by atoms with van der Waals surface area (Å²) in [6, 6.07) is 6.98. The van der Waals surface area contributed by atoms with Gasteiger partial charge in [-0.15, -0.1) is 11.3 Å². The van der Waals surface area contributed by atoms with Crippen molar-refractivity contribution in [2.75, 3.05) is 50.5 Å². The van der Waals surface area contributed by atoms with Gasteiger partial charge in [-0.05, 0) is 42.5 Å². The number of likely N-dealkylation sites (tertiary alicyclic amines) is 1. The number of nitrogens with one attached hydrogen (secondary N) is 3. The van der Waals surface area contributed by atoms with Gasteiger partial charge in [-0.2, -0.15) is 26.3 Å². The van der Waals surface area contributed by atoms with Crippen molar-refractivity contribution in [2.45, 2.75) is 44.6 Å². The second kappa shape index (κ2) is 13.9. The van der Waals surface area contributed by atoms with Crippen molar-refractivity contribution >= 4 is 38.7 Å². The Kier molecular flexibility index (Phi) is 10.5. The van der Waals surface area contributed by atoms with E-state index in [0.717, 1.165) is 61.6 Å². The van der Waals surface area contributed by atoms with Crippen molar-refractivity contribution in [3.63, 3.8) is 0 Å². The van der Waals surface area contributed by atoms with E-state index in [0.29, 0.717) is 10.1 Å². The minimum absolute atomic E-state index is 0.0321. The normalized spacial score (nSPS) is 14.7. The van der Waals surface area contributed by atoms with Gasteiger partial charge in [0, 0.05) is 32.2 Å². The van der Waals surface area contributed by atoms with Gasteiger partial charge in [0.2, 0.25) is 0 Å². The number of rotatable bonds is 9. The van der Waals surface area contributed by atoms with Crippen LogP contribution in [0.1, 0.15) is 40.6 Å². The highest BCUT2D eigenvalue weighted by Crippen LogP contribution is 2.39. The van der Waals surface area contributed by atoms with E-state index in [2.05, 4.69) is 39.6 Å². The Labute approximate surface area is 253 Å². The highest BCUT2D eigenvalue weighted by Gasteiger charge is 2.32. The Morgan fingerprint density at radius 3 is 2.45 bits per heavy atom. The van der Waals surface area contributed by atoms with E-state index >= 15 is 0 Å². The van der Waals surface area contributed by atoms with Crippen LogP contribution in [-0.4, -0.2) is 69.0 Å². The fourth-order valence-corrected chi connectivity index (χ4v) is 6.09. The van der Waals surface area contributed by atoms with Crippen LogP contribution in [0.2, 0.25) is 0 Å². The van der Waals surface area contributed by atoms with Gasteiger partial charge in [0.25, 0.3) is 5.91 Å². The fourth-order valence-electron chi connectivity index (χ4n) is 4.92. The number of hydrogen-bond donors (Lipinski definition) is 3. The maximum absolute atomic E-state index is 14.6. The van der Waals surface area contributed by atoms with E-state index in [4.69, 9.17) is 4.74 Å². The van der Waals surface area contributed by atoms with Crippen molar-refractivity contribution in [2.24, 2.45) is 0 Å². The highest BCUT2D eigenvalue weighted by atomic mass is 32.1. The predicted molar refractivity (Wildman–Crippen MR) is 157 cm³/mol. The Bertz CT molecular complexity index is 1530. The number of fused-ring (bicyclic) bond motifs is 1. The number of carbonyl (C=O) groups is 1. The Morgan fingerprint density at radius 1 is 1.09 bits per heavy atom. The largest absolute Gasteiger partial charge is 0.482 e. The van der Waals surface area contributed by atoms with Gasteiger partial charge >= 0.3 is 12.4 Å². The van der Waals surface area contributed by atoms with E-state index in [1.54, 1.807) is 12.1 Å². The van der Waals surface area contributed by atoms with Crippen molar-refractivity contribution in [3.05, 3.63) is 52.2 Å². The molecular formula is C30H31F7N4O2S. The summed E-state index contributed by atoms with van der Waals surface area (Å²) in [5.41, 5.74) is 0.0321. The number of amides is 1. The molecule has 1 saturated heterocycles. The second-order valence-corrected chi connectivity index (χ2v) is 11.2. The number of alkyl halides is 6. The van der Waals surface area contributed by atoms with Crippen LogP contribution in [-0.2, 0) is 6.42 Å². The lowest BCUT2D eigenvalue weighted by atomic mass is 10.0. The maximum Gasteiger partial charge on any atom is 0.422 e. The van der Waals surface area contributed by atoms with Gasteiger partial charge in [0.05, 0.1) is 39.5 Å². The number of ether oxygens (including phenoxy) is 1. The summed E-state index contributed by atoms with van der Waals surface area (Å²) in [5, 5.41) is 8.77. The number of carbonyl (C=O) groups excluding carboxylic acids is 1. The van der Waals surface area contributed by atoms with Crippen molar-refractivity contribution in [1.82, 2.24) is 10.2 Å². The quantitative estimate of drug-likeness (QED) is 0.177. The van der Waals surface area contributed by atoms with Crippen LogP contribution in [0.5, 0.6) is 5.75 Å². The van der Waals surface area contributed by atoms with Crippen LogP contribution < -0.4 is 20.7 Å². The lowest BCUT2D eigenvalue weighted by molar-refractivity contribution is -0.153. The first kappa shape index (κ1) is 33.2. The second-order valence-electron chi connectivity index (χ2n) is 10.2. The molecule has 2 heterocycles. The standard InChI is InChI=1S/C30H31F7N4O2S/c1-3-41-12-9-18(10-13-41)40-23-7-4-6-19-21(16-29(32,33)34)26(44-27(19)23)8-5-11-39-24-15-22(31)20(28(42)38-2)14-25(24)43-17-30(35,36)37/h4,6-7,14-15,18,39-40H,3,9-13,16-17H2,1-2H3,(H,38,42). The highest BCUT2D eigenvalue weighted by molar-refractivity contribution is 7.20. The minimum atomic E-state index is -4.70. The first-order valence-electron chi connectivity index (χ1n) is 13.9. The summed E-state index contributed by atoms with van der Waals surface area (Å²) in [4.78, 5) is 14.5. The third-order valence-electron chi connectivity index (χ3n) is 7.09. The fraction of sp³-hybridized carbons (Fsp3) is 0.433. The molecule has 1 amide bonds. The van der Waals surface area contributed by atoms with Crippen molar-refractivity contribution in [3.8, 4) is 17.6 Å². The molecule has 4 rings (SSSR count). The molecule has 0 bridgehead atoms. The molecule has 0 saturated carbocycles. The summed E-state index contributed by atoms with van der Waals surface area (Å²) < 4.78 is 99.2. The third kappa shape index (κ3) is 8.69. The van der Waals surface area contributed by atoms with E-state index in [9.17, 15) is 35.5 Å². The topological polar surface area (TPSA) is 65.6 Å². The molecule has 0 spiro atoms. The zero-order valence-electron chi connectivity index (χ0n) is 23.9. The molecule has 1 fully saturated rings. The molecule has 0 radical (unpaired) electrons. The van der Waals surface area contributed by atoms with Crippen LogP contribution in [0.4, 0.5) is 42.1 Å². The molecule has 3 aromatic rings. The minimum Gasteiger partial charge on any atom is -0.482 e. The summed E-state index contributed by atoms with van der Waals surface area (Å²) >= 11 is 1.13. The number of halogens is 7. The summed E-state index contributed by atoms with van der Waals surface area (Å²) in [7, 11) is 1.23. The molecule has 1 aromatic heterocycles. The van der Waals surface area contributed by atoms with E-state index in [1.807, 2.05) is 6.07 Å². The molecule has 14 heteroatoms. The first-order chi connectivity index (χ1) is 20.8. The van der Waals surface area contributed by atoms with E-state index < -0.39 is 48.4 Å². The predicted octanol–water partition coefficient (Wildman–Crippen LogP) is 6.81. The number of piperidine rings is 1. The third-order valence-corrected chi connectivity index (χ3v) is 8.29. The lowest BCUT2D eigenvalue weighted by Gasteiger charge is -2.32. The SMILES string of the molecule is CCN1CCC(Nc2cccc3c(CC(F)(F)F)c(C#CCNc4cc(F)c(C(=O)NC)cc4OCC(F)(F)F)sc23)CC1. The molecule has 1 aliphatic heterocycles. The number of nitrogens with zero attached hydrogens (tertiary/aromatic N) is 1. The molecule has 44 heavy (non-hydrogen) atoms. The summed E-state index contributed by atoms with van der Waals surface area (Å²) in [6.45, 7) is 2.97. The van der Waals surface area contributed by atoms with Crippen LogP contribution in [0.25, 0.3) is 10.1 Å².